The zero-order valence-corrected chi connectivity index (χ0v) is 9.86. The van der Waals surface area contributed by atoms with Crippen molar-refractivity contribution in [2.45, 2.75) is 6.92 Å². The van der Waals surface area contributed by atoms with Gasteiger partial charge in [0.05, 0.1) is 6.57 Å². The summed E-state index contributed by atoms with van der Waals surface area (Å²) in [5.41, 5.74) is 4.34. The summed E-state index contributed by atoms with van der Waals surface area (Å²) in [6.07, 6.45) is 0. The monoisotopic (exact) mass is 220 g/mol. The zero-order valence-electron chi connectivity index (χ0n) is 9.86. The first-order chi connectivity index (χ1) is 8.20. The number of nitrogens with zero attached hydrogens (tertiary/aromatic N) is 2. The summed E-state index contributed by atoms with van der Waals surface area (Å²) < 4.78 is 2.18. The number of rotatable bonds is 0. The molecule has 0 spiro atoms. The maximum atomic E-state index is 7.09. The lowest BCUT2D eigenvalue weighted by molar-refractivity contribution is 1.01. The predicted octanol–water partition coefficient (Wildman–Crippen LogP) is 4.19. The van der Waals surface area contributed by atoms with E-state index < -0.39 is 0 Å². The van der Waals surface area contributed by atoms with Crippen molar-refractivity contribution in [3.63, 3.8) is 0 Å². The van der Waals surface area contributed by atoms with E-state index >= 15 is 0 Å². The van der Waals surface area contributed by atoms with Crippen LogP contribution in [-0.4, -0.2) is 4.57 Å². The zero-order chi connectivity index (χ0) is 12.0. The van der Waals surface area contributed by atoms with Gasteiger partial charge >= 0.3 is 0 Å². The third-order valence-corrected chi connectivity index (χ3v) is 3.27. The molecule has 1 heterocycles. The summed E-state index contributed by atoms with van der Waals surface area (Å²) in [4.78, 5) is 3.50. The summed E-state index contributed by atoms with van der Waals surface area (Å²) in [6, 6.07) is 12.3. The maximum Gasteiger partial charge on any atom is 0.188 e. The van der Waals surface area contributed by atoms with Crippen LogP contribution in [0.15, 0.2) is 36.4 Å². The number of hydrogen-bond donors (Lipinski definition) is 0. The van der Waals surface area contributed by atoms with Crippen molar-refractivity contribution in [1.29, 1.82) is 0 Å². The fourth-order valence-electron chi connectivity index (χ4n) is 2.39. The first-order valence-electron chi connectivity index (χ1n) is 5.57. The van der Waals surface area contributed by atoms with Gasteiger partial charge in [-0.05, 0) is 36.6 Å². The average Bonchev–Trinajstić information content (AvgIpc) is 2.62. The Morgan fingerprint density at radius 3 is 2.35 bits per heavy atom. The molecule has 0 aliphatic carbocycles. The van der Waals surface area contributed by atoms with Gasteiger partial charge in [-0.25, -0.2) is 4.85 Å². The van der Waals surface area contributed by atoms with E-state index in [0.717, 1.165) is 0 Å². The van der Waals surface area contributed by atoms with E-state index in [9.17, 15) is 0 Å². The molecule has 0 aliphatic heterocycles. The second kappa shape index (κ2) is 3.36. The van der Waals surface area contributed by atoms with E-state index in [1.54, 1.807) is 0 Å². The van der Waals surface area contributed by atoms with Gasteiger partial charge in [-0.2, -0.15) is 0 Å². The van der Waals surface area contributed by atoms with Gasteiger partial charge in [-0.3, -0.25) is 0 Å². The number of aromatic nitrogens is 1. The van der Waals surface area contributed by atoms with Gasteiger partial charge in [0.15, 0.2) is 5.69 Å². The molecule has 82 valence electrons. The smallest absolute Gasteiger partial charge is 0.188 e. The quantitative estimate of drug-likeness (QED) is 0.502. The molecule has 3 rings (SSSR count). The number of hydrogen-bond acceptors (Lipinski definition) is 0. The molecule has 2 aromatic carbocycles. The highest BCUT2D eigenvalue weighted by Gasteiger charge is 2.08. The molecule has 2 heteroatoms. The molecule has 0 radical (unpaired) electrons. The van der Waals surface area contributed by atoms with Crippen molar-refractivity contribution in [3.05, 3.63) is 53.4 Å². The first-order valence-corrected chi connectivity index (χ1v) is 5.57. The minimum absolute atomic E-state index is 0.700. The van der Waals surface area contributed by atoms with Crippen LogP contribution >= 0.6 is 0 Å². The van der Waals surface area contributed by atoms with Gasteiger partial charge < -0.3 is 4.57 Å². The summed E-state index contributed by atoms with van der Waals surface area (Å²) >= 11 is 0. The van der Waals surface area contributed by atoms with Gasteiger partial charge in [-0.15, -0.1) is 0 Å². The van der Waals surface area contributed by atoms with Crippen molar-refractivity contribution >= 4 is 27.5 Å². The molecule has 0 aliphatic rings. The Morgan fingerprint density at radius 2 is 1.65 bits per heavy atom. The van der Waals surface area contributed by atoms with Crippen molar-refractivity contribution < 1.29 is 0 Å². The van der Waals surface area contributed by atoms with Gasteiger partial charge in [0.1, 0.15) is 0 Å². The molecule has 0 fully saturated rings. The van der Waals surface area contributed by atoms with E-state index in [4.69, 9.17) is 6.57 Å². The largest absolute Gasteiger partial charge is 0.344 e. The van der Waals surface area contributed by atoms with Crippen LogP contribution in [0.4, 0.5) is 5.69 Å². The second-order valence-electron chi connectivity index (χ2n) is 4.39. The molecule has 17 heavy (non-hydrogen) atoms. The van der Waals surface area contributed by atoms with Crippen LogP contribution in [0.5, 0.6) is 0 Å². The average molecular weight is 220 g/mol. The van der Waals surface area contributed by atoms with Gasteiger partial charge in [-0.1, -0.05) is 17.7 Å². The van der Waals surface area contributed by atoms with Crippen molar-refractivity contribution in [1.82, 2.24) is 4.57 Å². The Labute approximate surface area is 99.9 Å². The normalized spacial score (nSPS) is 10.9. The molecule has 2 nitrogen and oxygen atoms in total. The summed E-state index contributed by atoms with van der Waals surface area (Å²) in [5, 5.41) is 2.40. The van der Waals surface area contributed by atoms with E-state index in [1.807, 2.05) is 18.2 Å². The van der Waals surface area contributed by atoms with Gasteiger partial charge in [0.2, 0.25) is 0 Å². The standard InChI is InChI=1S/C15H12N2/c1-10-4-6-14-12(8-10)13-9-11(16-2)5-7-15(13)17(14)3/h4-9H,1,3H3. The molecular weight excluding hydrogens is 208 g/mol. The molecule has 0 amide bonds. The van der Waals surface area contributed by atoms with Crippen LogP contribution in [0, 0.1) is 13.5 Å². The highest BCUT2D eigenvalue weighted by molar-refractivity contribution is 6.09. The molecule has 0 bridgehead atoms. The van der Waals surface area contributed by atoms with Crippen molar-refractivity contribution in [2.24, 2.45) is 7.05 Å². The fourth-order valence-corrected chi connectivity index (χ4v) is 2.39. The molecule has 0 saturated heterocycles. The van der Waals surface area contributed by atoms with Crippen molar-refractivity contribution in [3.8, 4) is 0 Å². The SMILES string of the molecule is [C-]#[N+]c1ccc2c(c1)c1cc(C)ccc1n2C. The van der Waals surface area contributed by atoms with Crippen LogP contribution in [0.25, 0.3) is 26.7 Å². The Hall–Kier alpha value is -2.27. The molecule has 0 atom stereocenters. The van der Waals surface area contributed by atoms with Gasteiger partial charge in [0, 0.05) is 23.5 Å². The van der Waals surface area contributed by atoms with Crippen molar-refractivity contribution in [2.75, 3.05) is 0 Å². The molecule has 1 aromatic heterocycles. The van der Waals surface area contributed by atoms with E-state index in [0.29, 0.717) is 5.69 Å². The molecule has 3 aromatic rings. The van der Waals surface area contributed by atoms with Crippen LogP contribution in [0.3, 0.4) is 0 Å². The third-order valence-electron chi connectivity index (χ3n) is 3.27. The summed E-state index contributed by atoms with van der Waals surface area (Å²) in [6.45, 7) is 9.19. The molecule has 0 N–H and O–H groups in total. The number of fused-ring (bicyclic) bond motifs is 3. The van der Waals surface area contributed by atoms with Gasteiger partial charge in [0.25, 0.3) is 0 Å². The topological polar surface area (TPSA) is 9.29 Å². The molecule has 0 saturated carbocycles. The Bertz CT molecular complexity index is 773. The highest BCUT2D eigenvalue weighted by Crippen LogP contribution is 2.31. The lowest BCUT2D eigenvalue weighted by Crippen LogP contribution is -1.85. The van der Waals surface area contributed by atoms with Crippen LogP contribution in [0.2, 0.25) is 0 Å². The van der Waals surface area contributed by atoms with Crippen LogP contribution in [-0.2, 0) is 7.05 Å². The minimum Gasteiger partial charge on any atom is -0.344 e. The van der Waals surface area contributed by atoms with Crippen LogP contribution < -0.4 is 0 Å². The summed E-state index contributed by atoms with van der Waals surface area (Å²) in [7, 11) is 2.07. The molecule has 0 unspecified atom stereocenters. The lowest BCUT2D eigenvalue weighted by Gasteiger charge is -1.97. The van der Waals surface area contributed by atoms with E-state index in [2.05, 4.69) is 41.6 Å². The van der Waals surface area contributed by atoms with E-state index in [1.165, 1.54) is 27.4 Å². The van der Waals surface area contributed by atoms with Crippen LogP contribution in [0.1, 0.15) is 5.56 Å². The number of aryl methyl sites for hydroxylation is 2. The Balaban J connectivity index is 2.57. The lowest BCUT2D eigenvalue weighted by atomic mass is 10.1. The fraction of sp³-hybridized carbons (Fsp3) is 0.133. The first kappa shape index (κ1) is 9.92. The second-order valence-corrected chi connectivity index (χ2v) is 4.39. The highest BCUT2D eigenvalue weighted by atomic mass is 14.9. The molecular formula is C15H12N2. The minimum atomic E-state index is 0.700. The Morgan fingerprint density at radius 1 is 1.00 bits per heavy atom. The number of benzene rings is 2. The summed E-state index contributed by atoms with van der Waals surface area (Å²) in [5.74, 6) is 0. The maximum absolute atomic E-state index is 7.09. The van der Waals surface area contributed by atoms with E-state index in [-0.39, 0.29) is 0 Å². The Kier molecular flexibility index (Phi) is 1.96. The third kappa shape index (κ3) is 1.33. The predicted molar refractivity (Wildman–Crippen MR) is 71.4 cm³/mol.